The minimum atomic E-state index is -0.0501. The number of morpholine rings is 1. The summed E-state index contributed by atoms with van der Waals surface area (Å²) in [6.45, 7) is 8.53. The predicted molar refractivity (Wildman–Crippen MR) is 91.0 cm³/mol. The van der Waals surface area contributed by atoms with Crippen molar-refractivity contribution < 1.29 is 14.3 Å². The fourth-order valence-electron chi connectivity index (χ4n) is 2.93. The first kappa shape index (κ1) is 17.8. The van der Waals surface area contributed by atoms with Gasteiger partial charge in [0.05, 0.1) is 20.3 Å². The minimum absolute atomic E-state index is 0.0501. The van der Waals surface area contributed by atoms with Gasteiger partial charge < -0.3 is 14.8 Å². The van der Waals surface area contributed by atoms with Gasteiger partial charge in [-0.15, -0.1) is 0 Å². The van der Waals surface area contributed by atoms with Crippen LogP contribution in [0.2, 0.25) is 0 Å². The molecule has 2 rings (SSSR count). The summed E-state index contributed by atoms with van der Waals surface area (Å²) in [4.78, 5) is 14.8. The van der Waals surface area contributed by atoms with Crippen LogP contribution in [-0.4, -0.2) is 56.8 Å². The number of carbonyl (C=O) groups excluding carboxylic acids is 1. The minimum Gasteiger partial charge on any atom is -0.497 e. The van der Waals surface area contributed by atoms with Crippen molar-refractivity contribution in [3.63, 3.8) is 0 Å². The van der Waals surface area contributed by atoms with Gasteiger partial charge in [-0.25, -0.2) is 0 Å². The molecule has 0 aliphatic carbocycles. The molecule has 1 heterocycles. The second-order valence-corrected chi connectivity index (χ2v) is 6.37. The summed E-state index contributed by atoms with van der Waals surface area (Å²) in [6, 6.07) is 7.60. The van der Waals surface area contributed by atoms with E-state index in [4.69, 9.17) is 9.47 Å². The van der Waals surface area contributed by atoms with Crippen LogP contribution in [0.25, 0.3) is 0 Å². The topological polar surface area (TPSA) is 50.8 Å². The molecular weight excluding hydrogens is 292 g/mol. The van der Waals surface area contributed by atoms with E-state index in [0.717, 1.165) is 32.7 Å². The molecule has 1 aromatic rings. The van der Waals surface area contributed by atoms with Gasteiger partial charge in [-0.05, 0) is 30.5 Å². The van der Waals surface area contributed by atoms with E-state index in [1.165, 1.54) is 0 Å². The van der Waals surface area contributed by atoms with E-state index in [0.29, 0.717) is 29.8 Å². The highest BCUT2D eigenvalue weighted by Gasteiger charge is 2.22. The molecule has 1 atom stereocenters. The number of ether oxygens (including phenoxy) is 2. The zero-order chi connectivity index (χ0) is 16.7. The second kappa shape index (κ2) is 8.89. The van der Waals surface area contributed by atoms with E-state index in [1.807, 2.05) is 18.2 Å². The molecule has 0 bridgehead atoms. The molecule has 1 N–H and O–H groups in total. The Kier molecular flexibility index (Phi) is 6.86. The Bertz CT molecular complexity index is 499. The van der Waals surface area contributed by atoms with Crippen molar-refractivity contribution in [2.75, 3.05) is 40.0 Å². The molecule has 0 radical (unpaired) electrons. The summed E-state index contributed by atoms with van der Waals surface area (Å²) in [5.41, 5.74) is 0.634. The quantitative estimate of drug-likeness (QED) is 0.836. The summed E-state index contributed by atoms with van der Waals surface area (Å²) in [5.74, 6) is 1.24. The van der Waals surface area contributed by atoms with Crippen LogP contribution in [0.3, 0.4) is 0 Å². The van der Waals surface area contributed by atoms with Gasteiger partial charge in [-0.2, -0.15) is 0 Å². The van der Waals surface area contributed by atoms with Gasteiger partial charge in [0, 0.05) is 31.2 Å². The number of methoxy groups -OCH3 is 1. The molecule has 1 fully saturated rings. The third-order valence-electron chi connectivity index (χ3n) is 4.14. The third kappa shape index (κ3) is 5.52. The highest BCUT2D eigenvalue weighted by atomic mass is 16.5. The van der Waals surface area contributed by atoms with Gasteiger partial charge in [0.1, 0.15) is 5.75 Å². The lowest BCUT2D eigenvalue weighted by Gasteiger charge is -2.35. The number of amides is 1. The van der Waals surface area contributed by atoms with E-state index in [-0.39, 0.29) is 5.91 Å². The van der Waals surface area contributed by atoms with Crippen molar-refractivity contribution >= 4 is 5.91 Å². The molecule has 0 spiro atoms. The van der Waals surface area contributed by atoms with Crippen molar-refractivity contribution in [2.45, 2.75) is 26.3 Å². The first-order chi connectivity index (χ1) is 11.1. The Labute approximate surface area is 139 Å². The average Bonchev–Trinajstić information content (AvgIpc) is 2.58. The lowest BCUT2D eigenvalue weighted by molar-refractivity contribution is 0.0124. The van der Waals surface area contributed by atoms with Crippen LogP contribution in [-0.2, 0) is 4.74 Å². The number of carbonyl (C=O) groups is 1. The SMILES string of the molecule is COc1cccc(C(=O)NCC(CC(C)C)N2CCOCC2)c1. The number of hydrogen-bond donors (Lipinski definition) is 1. The van der Waals surface area contributed by atoms with Gasteiger partial charge >= 0.3 is 0 Å². The molecule has 1 aliphatic heterocycles. The van der Waals surface area contributed by atoms with E-state index in [9.17, 15) is 4.79 Å². The Morgan fingerprint density at radius 1 is 1.35 bits per heavy atom. The van der Waals surface area contributed by atoms with Crippen LogP contribution in [0, 0.1) is 5.92 Å². The van der Waals surface area contributed by atoms with Crippen molar-refractivity contribution in [2.24, 2.45) is 5.92 Å². The standard InChI is InChI=1S/C18H28N2O3/c1-14(2)11-16(20-7-9-23-10-8-20)13-19-18(21)15-5-4-6-17(12-15)22-3/h4-6,12,14,16H,7-11,13H2,1-3H3,(H,19,21). The Hall–Kier alpha value is -1.59. The van der Waals surface area contributed by atoms with Crippen molar-refractivity contribution in [1.29, 1.82) is 0 Å². The molecule has 1 saturated heterocycles. The van der Waals surface area contributed by atoms with Crippen LogP contribution in [0.1, 0.15) is 30.6 Å². The number of rotatable bonds is 7. The summed E-state index contributed by atoms with van der Waals surface area (Å²) in [6.07, 6.45) is 1.07. The lowest BCUT2D eigenvalue weighted by atomic mass is 10.0. The van der Waals surface area contributed by atoms with Crippen LogP contribution in [0.5, 0.6) is 5.75 Å². The Morgan fingerprint density at radius 2 is 2.09 bits per heavy atom. The van der Waals surface area contributed by atoms with Crippen LogP contribution < -0.4 is 10.1 Å². The zero-order valence-corrected chi connectivity index (χ0v) is 14.4. The fourth-order valence-corrected chi connectivity index (χ4v) is 2.93. The maximum Gasteiger partial charge on any atom is 0.251 e. The molecule has 0 aromatic heterocycles. The number of hydrogen-bond acceptors (Lipinski definition) is 4. The van der Waals surface area contributed by atoms with Crippen LogP contribution >= 0.6 is 0 Å². The summed E-state index contributed by atoms with van der Waals surface area (Å²) >= 11 is 0. The lowest BCUT2D eigenvalue weighted by Crippen LogP contribution is -2.49. The molecule has 5 heteroatoms. The molecule has 1 aliphatic rings. The third-order valence-corrected chi connectivity index (χ3v) is 4.14. The Balaban J connectivity index is 1.94. The molecule has 23 heavy (non-hydrogen) atoms. The molecular formula is C18H28N2O3. The monoisotopic (exact) mass is 320 g/mol. The summed E-state index contributed by atoms with van der Waals surface area (Å²) in [5, 5.41) is 3.08. The second-order valence-electron chi connectivity index (χ2n) is 6.37. The summed E-state index contributed by atoms with van der Waals surface area (Å²) in [7, 11) is 1.61. The number of nitrogens with one attached hydrogen (secondary N) is 1. The molecule has 128 valence electrons. The maximum absolute atomic E-state index is 12.4. The average molecular weight is 320 g/mol. The van der Waals surface area contributed by atoms with Crippen LogP contribution in [0.15, 0.2) is 24.3 Å². The Morgan fingerprint density at radius 3 is 2.74 bits per heavy atom. The zero-order valence-electron chi connectivity index (χ0n) is 14.4. The number of nitrogens with zero attached hydrogens (tertiary/aromatic N) is 1. The first-order valence-corrected chi connectivity index (χ1v) is 8.34. The van der Waals surface area contributed by atoms with E-state index < -0.39 is 0 Å². The van der Waals surface area contributed by atoms with Crippen molar-refractivity contribution in [1.82, 2.24) is 10.2 Å². The smallest absolute Gasteiger partial charge is 0.251 e. The van der Waals surface area contributed by atoms with Gasteiger partial charge in [0.25, 0.3) is 5.91 Å². The number of benzene rings is 1. The van der Waals surface area contributed by atoms with Gasteiger partial charge in [-0.1, -0.05) is 19.9 Å². The van der Waals surface area contributed by atoms with Gasteiger partial charge in [0.15, 0.2) is 0 Å². The van der Waals surface area contributed by atoms with E-state index in [1.54, 1.807) is 13.2 Å². The van der Waals surface area contributed by atoms with E-state index in [2.05, 4.69) is 24.1 Å². The van der Waals surface area contributed by atoms with Crippen molar-refractivity contribution in [3.8, 4) is 5.75 Å². The molecule has 1 aromatic carbocycles. The predicted octanol–water partition coefficient (Wildman–Crippen LogP) is 2.17. The fraction of sp³-hybridized carbons (Fsp3) is 0.611. The normalized spacial score (nSPS) is 17.0. The maximum atomic E-state index is 12.4. The molecule has 0 saturated carbocycles. The highest BCUT2D eigenvalue weighted by Crippen LogP contribution is 2.15. The van der Waals surface area contributed by atoms with Gasteiger partial charge in [-0.3, -0.25) is 9.69 Å². The first-order valence-electron chi connectivity index (χ1n) is 8.34. The van der Waals surface area contributed by atoms with Crippen molar-refractivity contribution in [3.05, 3.63) is 29.8 Å². The molecule has 1 unspecified atom stereocenters. The molecule has 5 nitrogen and oxygen atoms in total. The van der Waals surface area contributed by atoms with E-state index >= 15 is 0 Å². The largest absolute Gasteiger partial charge is 0.497 e. The molecule has 1 amide bonds. The van der Waals surface area contributed by atoms with Gasteiger partial charge in [0.2, 0.25) is 0 Å². The summed E-state index contributed by atoms with van der Waals surface area (Å²) < 4.78 is 10.6. The van der Waals surface area contributed by atoms with Crippen LogP contribution in [0.4, 0.5) is 0 Å². The highest BCUT2D eigenvalue weighted by molar-refractivity contribution is 5.94.